The van der Waals surface area contributed by atoms with E-state index in [0.29, 0.717) is 27.4 Å². The van der Waals surface area contributed by atoms with E-state index >= 15 is 0 Å². The molecular formula is C17H17ClN2O3. The summed E-state index contributed by atoms with van der Waals surface area (Å²) in [6, 6.07) is 6.11. The first-order valence-electron chi connectivity index (χ1n) is 7.48. The van der Waals surface area contributed by atoms with Crippen molar-refractivity contribution in [3.05, 3.63) is 40.5 Å². The van der Waals surface area contributed by atoms with E-state index in [1.54, 1.807) is 24.3 Å². The Labute approximate surface area is 138 Å². The monoisotopic (exact) mass is 332 g/mol. The highest BCUT2D eigenvalue weighted by Gasteiger charge is 2.29. The number of pyridine rings is 1. The Bertz CT molecular complexity index is 802. The summed E-state index contributed by atoms with van der Waals surface area (Å²) in [6.07, 6.45) is 2.14. The number of amides is 1. The minimum Gasteiger partial charge on any atom is -0.480 e. The van der Waals surface area contributed by atoms with Crippen LogP contribution in [0.5, 0.6) is 0 Å². The van der Waals surface area contributed by atoms with Gasteiger partial charge >= 0.3 is 5.97 Å². The highest BCUT2D eigenvalue weighted by molar-refractivity contribution is 6.31. The third-order valence-electron chi connectivity index (χ3n) is 4.28. The molecule has 5 nitrogen and oxygen atoms in total. The molecule has 0 aliphatic heterocycles. The Morgan fingerprint density at radius 1 is 1.35 bits per heavy atom. The fourth-order valence-electron chi connectivity index (χ4n) is 2.52. The van der Waals surface area contributed by atoms with Crippen LogP contribution in [0.3, 0.4) is 0 Å². The molecule has 1 unspecified atom stereocenters. The summed E-state index contributed by atoms with van der Waals surface area (Å²) >= 11 is 6.06. The molecule has 1 atom stereocenters. The van der Waals surface area contributed by atoms with Crippen LogP contribution in [0.25, 0.3) is 10.9 Å². The molecule has 0 radical (unpaired) electrons. The molecule has 0 spiro atoms. The maximum atomic E-state index is 12.8. The number of hydrogen-bond acceptors (Lipinski definition) is 3. The van der Waals surface area contributed by atoms with E-state index in [0.717, 1.165) is 18.5 Å². The van der Waals surface area contributed by atoms with Gasteiger partial charge in [0.25, 0.3) is 5.91 Å². The third-order valence-corrected chi connectivity index (χ3v) is 4.51. The predicted molar refractivity (Wildman–Crippen MR) is 87.9 cm³/mol. The van der Waals surface area contributed by atoms with Crippen LogP contribution in [0.2, 0.25) is 5.02 Å². The summed E-state index contributed by atoms with van der Waals surface area (Å²) in [5.74, 6) is -0.986. The zero-order valence-electron chi connectivity index (χ0n) is 12.9. The number of aliphatic carboxylic acids is 1. The molecule has 1 heterocycles. The van der Waals surface area contributed by atoms with Gasteiger partial charge in [-0.15, -0.1) is 0 Å². The van der Waals surface area contributed by atoms with Gasteiger partial charge in [-0.3, -0.25) is 9.78 Å². The van der Waals surface area contributed by atoms with Crippen molar-refractivity contribution in [3.8, 4) is 0 Å². The topological polar surface area (TPSA) is 70.5 Å². The minimum absolute atomic E-state index is 0.337. The number of aromatic nitrogens is 1. The summed E-state index contributed by atoms with van der Waals surface area (Å²) in [6.45, 7) is 1.48. The number of carbonyl (C=O) groups excluding carboxylic acids is 1. The first-order valence-corrected chi connectivity index (χ1v) is 7.86. The number of hydrogen-bond donors (Lipinski definition) is 1. The second-order valence-corrected chi connectivity index (χ2v) is 6.40. The predicted octanol–water partition coefficient (Wildman–Crippen LogP) is 3.31. The maximum absolute atomic E-state index is 12.8. The second kappa shape index (κ2) is 5.81. The second-order valence-electron chi connectivity index (χ2n) is 5.96. The molecule has 0 bridgehead atoms. The molecule has 0 saturated heterocycles. The summed E-state index contributed by atoms with van der Waals surface area (Å²) in [5.41, 5.74) is 2.05. The molecule has 1 aromatic heterocycles. The van der Waals surface area contributed by atoms with Gasteiger partial charge < -0.3 is 10.0 Å². The van der Waals surface area contributed by atoms with E-state index in [2.05, 4.69) is 4.98 Å². The number of carboxylic acids is 1. The molecule has 2 aromatic rings. The lowest BCUT2D eigenvalue weighted by Crippen LogP contribution is -2.40. The molecular weight excluding hydrogens is 316 g/mol. The van der Waals surface area contributed by atoms with Crippen molar-refractivity contribution in [3.63, 3.8) is 0 Å². The Balaban J connectivity index is 2.12. The molecule has 6 heteroatoms. The van der Waals surface area contributed by atoms with Crippen LogP contribution in [0.15, 0.2) is 24.3 Å². The molecule has 1 aliphatic rings. The lowest BCUT2D eigenvalue weighted by Gasteiger charge is -2.22. The smallest absolute Gasteiger partial charge is 0.326 e. The molecule has 3 rings (SSSR count). The first-order chi connectivity index (χ1) is 10.9. The van der Waals surface area contributed by atoms with E-state index in [-0.39, 0.29) is 5.91 Å². The van der Waals surface area contributed by atoms with Gasteiger partial charge in [-0.05, 0) is 44.0 Å². The summed E-state index contributed by atoms with van der Waals surface area (Å²) in [5, 5.41) is 10.3. The molecule has 1 amide bonds. The number of halogens is 1. The Morgan fingerprint density at radius 2 is 2.04 bits per heavy atom. The Hall–Kier alpha value is -2.14. The van der Waals surface area contributed by atoms with E-state index < -0.39 is 12.0 Å². The van der Waals surface area contributed by atoms with Crippen LogP contribution in [0.1, 0.15) is 41.7 Å². The van der Waals surface area contributed by atoms with Crippen molar-refractivity contribution < 1.29 is 14.7 Å². The van der Waals surface area contributed by atoms with E-state index in [4.69, 9.17) is 16.7 Å². The van der Waals surface area contributed by atoms with Crippen LogP contribution < -0.4 is 0 Å². The molecule has 1 aromatic carbocycles. The zero-order chi connectivity index (χ0) is 16.7. The fraction of sp³-hybridized carbons (Fsp3) is 0.353. The van der Waals surface area contributed by atoms with E-state index in [1.165, 1.54) is 18.9 Å². The van der Waals surface area contributed by atoms with Crippen molar-refractivity contribution in [2.45, 2.75) is 31.7 Å². The number of rotatable bonds is 4. The van der Waals surface area contributed by atoms with Crippen LogP contribution in [0, 0.1) is 0 Å². The van der Waals surface area contributed by atoms with Gasteiger partial charge in [0.1, 0.15) is 6.04 Å². The number of fused-ring (bicyclic) bond motifs is 1. The summed E-state index contributed by atoms with van der Waals surface area (Å²) in [7, 11) is 1.49. The van der Waals surface area contributed by atoms with Crippen LogP contribution in [-0.4, -0.2) is 40.0 Å². The van der Waals surface area contributed by atoms with Gasteiger partial charge in [0.2, 0.25) is 0 Å². The zero-order valence-corrected chi connectivity index (χ0v) is 13.7. The maximum Gasteiger partial charge on any atom is 0.326 e. The normalized spacial score (nSPS) is 15.4. The van der Waals surface area contributed by atoms with Gasteiger partial charge in [-0.1, -0.05) is 11.6 Å². The number of nitrogens with zero attached hydrogens (tertiary/aromatic N) is 2. The standard InChI is InChI=1S/C17H17ClN2O3/c1-9(17(22)23)20(2)16(21)13-8-15(10-3-4-10)19-14-6-5-11(18)7-12(13)14/h5-10H,3-4H2,1-2H3,(H,22,23). The Morgan fingerprint density at radius 3 is 2.65 bits per heavy atom. The molecule has 120 valence electrons. The molecule has 1 saturated carbocycles. The van der Waals surface area contributed by atoms with Crippen molar-refractivity contribution in [1.29, 1.82) is 0 Å². The number of likely N-dealkylation sites (N-methyl/N-ethyl adjacent to an activating group) is 1. The number of benzene rings is 1. The van der Waals surface area contributed by atoms with Gasteiger partial charge in [0.05, 0.1) is 11.1 Å². The van der Waals surface area contributed by atoms with Crippen molar-refractivity contribution in [2.24, 2.45) is 0 Å². The SMILES string of the molecule is CC(C(=O)O)N(C)C(=O)c1cc(C2CC2)nc2ccc(Cl)cc12. The van der Waals surface area contributed by atoms with Gasteiger partial charge in [-0.2, -0.15) is 0 Å². The first kappa shape index (κ1) is 15.7. The quantitative estimate of drug-likeness (QED) is 0.932. The van der Waals surface area contributed by atoms with Gasteiger partial charge in [0.15, 0.2) is 0 Å². The highest BCUT2D eigenvalue weighted by Crippen LogP contribution is 2.40. The molecule has 1 aliphatic carbocycles. The lowest BCUT2D eigenvalue weighted by atomic mass is 10.0. The number of carboxylic acid groups (broad SMARTS) is 1. The largest absolute Gasteiger partial charge is 0.480 e. The third kappa shape index (κ3) is 3.01. The lowest BCUT2D eigenvalue weighted by molar-refractivity contribution is -0.141. The fourth-order valence-corrected chi connectivity index (χ4v) is 2.69. The molecule has 23 heavy (non-hydrogen) atoms. The molecule has 1 fully saturated rings. The van der Waals surface area contributed by atoms with E-state index in [1.807, 2.05) is 0 Å². The number of carbonyl (C=O) groups is 2. The summed E-state index contributed by atoms with van der Waals surface area (Å²) in [4.78, 5) is 29.8. The average molecular weight is 333 g/mol. The van der Waals surface area contributed by atoms with Crippen molar-refractivity contribution >= 4 is 34.4 Å². The Kier molecular flexibility index (Phi) is 3.98. The minimum atomic E-state index is -1.04. The summed E-state index contributed by atoms with van der Waals surface area (Å²) < 4.78 is 0. The van der Waals surface area contributed by atoms with Crippen molar-refractivity contribution in [2.75, 3.05) is 7.05 Å². The van der Waals surface area contributed by atoms with E-state index in [9.17, 15) is 9.59 Å². The van der Waals surface area contributed by atoms with Crippen LogP contribution >= 0.6 is 11.6 Å². The average Bonchev–Trinajstić information content (AvgIpc) is 3.36. The molecule has 1 N–H and O–H groups in total. The van der Waals surface area contributed by atoms with Gasteiger partial charge in [0, 0.05) is 29.1 Å². The van der Waals surface area contributed by atoms with Crippen molar-refractivity contribution in [1.82, 2.24) is 9.88 Å². The highest BCUT2D eigenvalue weighted by atomic mass is 35.5. The van der Waals surface area contributed by atoms with Gasteiger partial charge in [-0.25, -0.2) is 4.79 Å². The van der Waals surface area contributed by atoms with Crippen LogP contribution in [0.4, 0.5) is 0 Å². The van der Waals surface area contributed by atoms with Crippen LogP contribution in [-0.2, 0) is 4.79 Å².